The van der Waals surface area contributed by atoms with Crippen LogP contribution in [0.25, 0.3) is 0 Å². The molecule has 0 saturated heterocycles. The fourth-order valence-electron chi connectivity index (χ4n) is 1.29. The second-order valence-corrected chi connectivity index (χ2v) is 3.67. The molecule has 0 saturated carbocycles. The zero-order valence-corrected chi connectivity index (χ0v) is 8.91. The lowest BCUT2D eigenvalue weighted by Gasteiger charge is -2.11. The molecule has 0 fully saturated rings. The van der Waals surface area contributed by atoms with Crippen molar-refractivity contribution in [3.8, 4) is 0 Å². The highest BCUT2D eigenvalue weighted by molar-refractivity contribution is 9.10. The Morgan fingerprint density at radius 2 is 2.15 bits per heavy atom. The van der Waals surface area contributed by atoms with E-state index >= 15 is 0 Å². The van der Waals surface area contributed by atoms with E-state index < -0.39 is 11.9 Å². The van der Waals surface area contributed by atoms with Gasteiger partial charge < -0.3 is 5.11 Å². The van der Waals surface area contributed by atoms with Crippen LogP contribution in [0.2, 0.25) is 0 Å². The molecule has 0 amide bonds. The largest absolute Gasteiger partial charge is 0.481 e. The zero-order chi connectivity index (χ0) is 9.84. The topological polar surface area (TPSA) is 37.3 Å². The van der Waals surface area contributed by atoms with E-state index in [-0.39, 0.29) is 0 Å². The number of carbonyl (C=O) groups is 1. The van der Waals surface area contributed by atoms with Crippen LogP contribution in [0.15, 0.2) is 28.7 Å². The van der Waals surface area contributed by atoms with Gasteiger partial charge in [0.25, 0.3) is 0 Å². The number of hydrogen-bond acceptors (Lipinski definition) is 1. The molecule has 0 radical (unpaired) electrons. The quantitative estimate of drug-likeness (QED) is 0.885. The molecule has 0 unspecified atom stereocenters. The molecule has 0 aromatic heterocycles. The van der Waals surface area contributed by atoms with Gasteiger partial charge in [0.1, 0.15) is 0 Å². The van der Waals surface area contributed by atoms with Crippen LogP contribution >= 0.6 is 15.9 Å². The van der Waals surface area contributed by atoms with Crippen molar-refractivity contribution in [3.05, 3.63) is 34.3 Å². The van der Waals surface area contributed by atoms with Gasteiger partial charge in [0, 0.05) is 4.47 Å². The normalized spacial score (nSPS) is 12.5. The van der Waals surface area contributed by atoms with E-state index in [0.717, 1.165) is 10.0 Å². The molecule has 1 rings (SSSR count). The minimum Gasteiger partial charge on any atom is -0.481 e. The summed E-state index contributed by atoms with van der Waals surface area (Å²) in [5, 5.41) is 8.93. The summed E-state index contributed by atoms with van der Waals surface area (Å²) in [5.74, 6) is -1.18. The van der Waals surface area contributed by atoms with Crippen molar-refractivity contribution in [2.24, 2.45) is 0 Å². The first kappa shape index (κ1) is 10.3. The molecule has 3 heteroatoms. The third-order valence-corrected chi connectivity index (χ3v) is 2.71. The predicted octanol–water partition coefficient (Wildman–Crippen LogP) is 3.03. The van der Waals surface area contributed by atoms with Crippen molar-refractivity contribution < 1.29 is 9.90 Å². The van der Waals surface area contributed by atoms with Crippen LogP contribution in [-0.4, -0.2) is 11.1 Å². The Hall–Kier alpha value is -0.830. The van der Waals surface area contributed by atoms with E-state index in [1.165, 1.54) is 0 Å². The summed E-state index contributed by atoms with van der Waals surface area (Å²) in [5.41, 5.74) is 0.845. The van der Waals surface area contributed by atoms with Crippen LogP contribution in [0, 0.1) is 0 Å². The van der Waals surface area contributed by atoms with Gasteiger partial charge in [0.15, 0.2) is 0 Å². The average Bonchev–Trinajstić information content (AvgIpc) is 2.09. The van der Waals surface area contributed by atoms with E-state index in [0.29, 0.717) is 6.42 Å². The van der Waals surface area contributed by atoms with Crippen molar-refractivity contribution in [1.29, 1.82) is 0 Å². The number of halogens is 1. The van der Waals surface area contributed by atoms with Crippen LogP contribution in [0.4, 0.5) is 0 Å². The minimum absolute atomic E-state index is 0.407. The van der Waals surface area contributed by atoms with Gasteiger partial charge in [-0.1, -0.05) is 41.1 Å². The molecular formula is C10H11BrO2. The molecule has 1 N–H and O–H groups in total. The maximum Gasteiger partial charge on any atom is 0.311 e. The SMILES string of the molecule is CC[C@H](C(=O)O)c1ccccc1Br. The molecule has 70 valence electrons. The van der Waals surface area contributed by atoms with Gasteiger partial charge in [-0.15, -0.1) is 0 Å². The smallest absolute Gasteiger partial charge is 0.311 e. The lowest BCUT2D eigenvalue weighted by molar-refractivity contribution is -0.138. The molecule has 0 spiro atoms. The van der Waals surface area contributed by atoms with E-state index in [4.69, 9.17) is 5.11 Å². The van der Waals surface area contributed by atoms with Crippen LogP contribution in [0.5, 0.6) is 0 Å². The van der Waals surface area contributed by atoms with E-state index in [1.54, 1.807) is 0 Å². The van der Waals surface area contributed by atoms with Gasteiger partial charge in [0.05, 0.1) is 5.92 Å². The zero-order valence-electron chi connectivity index (χ0n) is 7.33. The maximum atomic E-state index is 10.9. The molecule has 0 aliphatic heterocycles. The second-order valence-electron chi connectivity index (χ2n) is 2.82. The van der Waals surface area contributed by atoms with Crippen molar-refractivity contribution in [1.82, 2.24) is 0 Å². The second kappa shape index (κ2) is 4.42. The summed E-state index contributed by atoms with van der Waals surface area (Å²) < 4.78 is 0.865. The summed E-state index contributed by atoms with van der Waals surface area (Å²) in [6.45, 7) is 1.87. The summed E-state index contributed by atoms with van der Waals surface area (Å²) in [6.07, 6.45) is 0.609. The van der Waals surface area contributed by atoms with Crippen LogP contribution in [-0.2, 0) is 4.79 Å². The van der Waals surface area contributed by atoms with E-state index in [2.05, 4.69) is 15.9 Å². The predicted molar refractivity (Wildman–Crippen MR) is 54.8 cm³/mol. The average molecular weight is 243 g/mol. The monoisotopic (exact) mass is 242 g/mol. The van der Waals surface area contributed by atoms with Crippen LogP contribution < -0.4 is 0 Å². The van der Waals surface area contributed by atoms with Crippen molar-refractivity contribution in [2.45, 2.75) is 19.3 Å². The van der Waals surface area contributed by atoms with Gasteiger partial charge >= 0.3 is 5.97 Å². The molecule has 2 nitrogen and oxygen atoms in total. The fourth-order valence-corrected chi connectivity index (χ4v) is 1.85. The highest BCUT2D eigenvalue weighted by Gasteiger charge is 2.19. The van der Waals surface area contributed by atoms with Crippen molar-refractivity contribution in [3.63, 3.8) is 0 Å². The summed E-state index contributed by atoms with van der Waals surface area (Å²) in [4.78, 5) is 10.9. The Morgan fingerprint density at radius 1 is 1.54 bits per heavy atom. The van der Waals surface area contributed by atoms with Crippen molar-refractivity contribution >= 4 is 21.9 Å². The Balaban J connectivity index is 3.04. The number of hydrogen-bond donors (Lipinski definition) is 1. The van der Waals surface area contributed by atoms with Crippen LogP contribution in [0.1, 0.15) is 24.8 Å². The first-order valence-electron chi connectivity index (χ1n) is 4.14. The van der Waals surface area contributed by atoms with Crippen molar-refractivity contribution in [2.75, 3.05) is 0 Å². The number of benzene rings is 1. The molecule has 1 aromatic rings. The molecule has 0 heterocycles. The first-order chi connectivity index (χ1) is 6.16. The summed E-state index contributed by atoms with van der Waals surface area (Å²) in [7, 11) is 0. The number of carboxylic acids is 1. The molecule has 0 aliphatic carbocycles. The molecule has 1 aromatic carbocycles. The molecule has 1 atom stereocenters. The Bertz CT molecular complexity index is 310. The molecule has 13 heavy (non-hydrogen) atoms. The van der Waals surface area contributed by atoms with E-state index in [1.807, 2.05) is 31.2 Å². The minimum atomic E-state index is -0.769. The standard InChI is InChI=1S/C10H11BrO2/c1-2-7(10(12)13)8-5-3-4-6-9(8)11/h3-7H,2H2,1H3,(H,12,13)/t7-/m0/s1. The lowest BCUT2D eigenvalue weighted by atomic mass is 9.97. The first-order valence-corrected chi connectivity index (χ1v) is 4.93. The highest BCUT2D eigenvalue weighted by Crippen LogP contribution is 2.27. The molecule has 0 bridgehead atoms. The fraction of sp³-hybridized carbons (Fsp3) is 0.300. The Morgan fingerprint density at radius 3 is 2.62 bits per heavy atom. The molecule has 0 aliphatic rings. The number of rotatable bonds is 3. The Labute approximate surface area is 85.7 Å². The van der Waals surface area contributed by atoms with E-state index in [9.17, 15) is 4.79 Å². The van der Waals surface area contributed by atoms with Gasteiger partial charge in [-0.25, -0.2) is 0 Å². The maximum absolute atomic E-state index is 10.9. The van der Waals surface area contributed by atoms with Gasteiger partial charge in [-0.3, -0.25) is 4.79 Å². The van der Waals surface area contributed by atoms with Gasteiger partial charge in [-0.05, 0) is 18.1 Å². The summed E-state index contributed by atoms with van der Waals surface area (Å²) in [6, 6.07) is 7.43. The third kappa shape index (κ3) is 2.31. The summed E-state index contributed by atoms with van der Waals surface area (Å²) >= 11 is 3.34. The lowest BCUT2D eigenvalue weighted by Crippen LogP contribution is -2.10. The third-order valence-electron chi connectivity index (χ3n) is 1.99. The molecular weight excluding hydrogens is 232 g/mol. The van der Waals surface area contributed by atoms with Gasteiger partial charge in [-0.2, -0.15) is 0 Å². The Kier molecular flexibility index (Phi) is 3.48. The number of carboxylic acid groups (broad SMARTS) is 1. The number of aliphatic carboxylic acids is 1. The van der Waals surface area contributed by atoms with Crippen LogP contribution in [0.3, 0.4) is 0 Å². The highest BCUT2D eigenvalue weighted by atomic mass is 79.9. The van der Waals surface area contributed by atoms with Gasteiger partial charge in [0.2, 0.25) is 0 Å².